The van der Waals surface area contributed by atoms with Crippen LogP contribution in [0.2, 0.25) is 0 Å². The van der Waals surface area contributed by atoms with Crippen molar-refractivity contribution in [1.82, 2.24) is 14.5 Å². The lowest BCUT2D eigenvalue weighted by atomic mass is 9.53. The van der Waals surface area contributed by atoms with E-state index in [2.05, 4.69) is 149 Å². The van der Waals surface area contributed by atoms with Crippen molar-refractivity contribution in [2.24, 2.45) is 5.41 Å². The molecule has 1 saturated carbocycles. The van der Waals surface area contributed by atoms with Gasteiger partial charge in [-0.05, 0) is 100 Å². The third-order valence-corrected chi connectivity index (χ3v) is 12.2. The Morgan fingerprint density at radius 3 is 2.00 bits per heavy atom. The third-order valence-electron chi connectivity index (χ3n) is 12.2. The average Bonchev–Trinajstić information content (AvgIpc) is 3.77. The minimum absolute atomic E-state index is 0.251. The zero-order valence-electron chi connectivity index (χ0n) is 32.9. The molecule has 0 bridgehead atoms. The summed E-state index contributed by atoms with van der Waals surface area (Å²) < 4.78 is 9.11. The number of imidazole rings is 1. The second-order valence-electron chi connectivity index (χ2n) is 17.2. The van der Waals surface area contributed by atoms with Crippen molar-refractivity contribution in [1.29, 1.82) is 0 Å². The van der Waals surface area contributed by atoms with Gasteiger partial charge in [-0.15, -0.1) is 0 Å². The summed E-state index contributed by atoms with van der Waals surface area (Å²) in [5.41, 5.74) is 14.1. The number of rotatable bonds is 7. The van der Waals surface area contributed by atoms with Crippen LogP contribution in [0.1, 0.15) is 95.8 Å². The molecular formula is C50H48BN3O. The SMILES string of the molecule is [B]C1(c2ccc(-c3cc(C(C)C)c(-n4c(-c5cccc6c5oc5nc(-c7ccccc7)ccc56)nc5ccccc54)c(C(C)C)c3)cc2)CCC(C)(C)CC1. The van der Waals surface area contributed by atoms with E-state index in [1.165, 1.54) is 33.5 Å². The summed E-state index contributed by atoms with van der Waals surface area (Å²) in [6.45, 7) is 13.9. The molecule has 9 rings (SSSR count). The van der Waals surface area contributed by atoms with Crippen LogP contribution in [0.3, 0.4) is 0 Å². The molecule has 0 aliphatic heterocycles. The van der Waals surface area contributed by atoms with Gasteiger partial charge in [0.2, 0.25) is 5.71 Å². The lowest BCUT2D eigenvalue weighted by molar-refractivity contribution is 0.206. The number of pyridine rings is 1. The van der Waals surface area contributed by atoms with Gasteiger partial charge in [0.05, 0.1) is 35.8 Å². The predicted molar refractivity (Wildman–Crippen MR) is 230 cm³/mol. The highest BCUT2D eigenvalue weighted by molar-refractivity contribution is 6.16. The van der Waals surface area contributed by atoms with Gasteiger partial charge >= 0.3 is 0 Å². The summed E-state index contributed by atoms with van der Waals surface area (Å²) >= 11 is 0. The topological polar surface area (TPSA) is 43.9 Å². The maximum atomic E-state index is 7.07. The number of furan rings is 1. The molecule has 5 aromatic carbocycles. The lowest BCUT2D eigenvalue weighted by Gasteiger charge is -2.42. The van der Waals surface area contributed by atoms with Crippen molar-refractivity contribution in [2.45, 2.75) is 84.4 Å². The molecule has 8 aromatic rings. The van der Waals surface area contributed by atoms with E-state index in [9.17, 15) is 0 Å². The molecular weight excluding hydrogens is 669 g/mol. The number of nitrogens with zero attached hydrogens (tertiary/aromatic N) is 3. The Hall–Kier alpha value is -5.42. The first-order chi connectivity index (χ1) is 26.5. The van der Waals surface area contributed by atoms with Gasteiger partial charge in [-0.1, -0.05) is 139 Å². The summed E-state index contributed by atoms with van der Waals surface area (Å²) in [6, 6.07) is 43.2. The fourth-order valence-corrected chi connectivity index (χ4v) is 8.70. The predicted octanol–water partition coefficient (Wildman–Crippen LogP) is 13.5. The fourth-order valence-electron chi connectivity index (χ4n) is 8.70. The first-order valence-electron chi connectivity index (χ1n) is 19.9. The molecule has 1 fully saturated rings. The summed E-state index contributed by atoms with van der Waals surface area (Å²) in [6.07, 6.45) is 4.36. The van der Waals surface area contributed by atoms with Crippen LogP contribution < -0.4 is 0 Å². The maximum absolute atomic E-state index is 7.07. The van der Waals surface area contributed by atoms with E-state index in [0.717, 1.165) is 75.7 Å². The van der Waals surface area contributed by atoms with E-state index >= 15 is 0 Å². The molecule has 2 radical (unpaired) electrons. The zero-order valence-corrected chi connectivity index (χ0v) is 32.9. The van der Waals surface area contributed by atoms with E-state index in [4.69, 9.17) is 22.2 Å². The molecule has 3 aromatic heterocycles. The standard InChI is InChI=1S/C50H48BN3O/c1-31(2)40-29-35(33-19-21-36(22-20-33)50(51)27-25-49(5,6)26-28-50)30-41(32(3)4)45(40)54-44-18-11-10-17-43(44)52-47(54)39-16-12-15-37-38-23-24-42(34-13-8-7-9-14-34)53-48(38)55-46(37)39/h7-24,29-32H,25-28H2,1-6H3. The quantitative estimate of drug-likeness (QED) is 0.154. The summed E-state index contributed by atoms with van der Waals surface area (Å²) in [7, 11) is 7.07. The first-order valence-corrected chi connectivity index (χ1v) is 19.9. The highest BCUT2D eigenvalue weighted by Crippen LogP contribution is 2.46. The van der Waals surface area contributed by atoms with Crippen LogP contribution in [0, 0.1) is 5.41 Å². The molecule has 1 aliphatic carbocycles. The number of para-hydroxylation sites is 3. The van der Waals surface area contributed by atoms with Crippen LogP contribution in [-0.2, 0) is 5.31 Å². The second kappa shape index (κ2) is 13.4. The van der Waals surface area contributed by atoms with Gasteiger partial charge in [0.25, 0.3) is 0 Å². The molecule has 0 spiro atoms. The number of fused-ring (bicyclic) bond motifs is 4. The Balaban J connectivity index is 1.21. The normalized spacial score (nSPS) is 15.5. The second-order valence-corrected chi connectivity index (χ2v) is 17.2. The van der Waals surface area contributed by atoms with Gasteiger partial charge < -0.3 is 4.42 Å². The number of hydrogen-bond acceptors (Lipinski definition) is 3. The fraction of sp³-hybridized carbons (Fsp3) is 0.280. The van der Waals surface area contributed by atoms with E-state index in [-0.39, 0.29) is 17.2 Å². The Labute approximate surface area is 326 Å². The van der Waals surface area contributed by atoms with Crippen molar-refractivity contribution >= 4 is 40.9 Å². The van der Waals surface area contributed by atoms with E-state index in [1.54, 1.807) is 0 Å². The molecule has 1 aliphatic rings. The van der Waals surface area contributed by atoms with Crippen molar-refractivity contribution in [3.63, 3.8) is 0 Å². The van der Waals surface area contributed by atoms with Gasteiger partial charge in [-0.2, -0.15) is 0 Å². The third kappa shape index (κ3) is 6.18. The van der Waals surface area contributed by atoms with Crippen LogP contribution in [0.5, 0.6) is 0 Å². The largest absolute Gasteiger partial charge is 0.437 e. The minimum Gasteiger partial charge on any atom is -0.437 e. The van der Waals surface area contributed by atoms with Gasteiger partial charge in [-0.25, -0.2) is 9.97 Å². The van der Waals surface area contributed by atoms with Gasteiger partial charge in [0.15, 0.2) is 0 Å². The molecule has 0 atom stereocenters. The molecule has 5 heteroatoms. The van der Waals surface area contributed by atoms with E-state index in [1.807, 2.05) is 18.2 Å². The van der Waals surface area contributed by atoms with Crippen molar-refractivity contribution in [3.8, 4) is 39.5 Å². The first kappa shape index (κ1) is 35.3. The summed E-state index contributed by atoms with van der Waals surface area (Å²) in [4.78, 5) is 10.4. The van der Waals surface area contributed by atoms with Gasteiger partial charge in [0, 0.05) is 16.3 Å². The molecule has 0 unspecified atom stereocenters. The molecule has 272 valence electrons. The molecule has 55 heavy (non-hydrogen) atoms. The van der Waals surface area contributed by atoms with Crippen LogP contribution in [-0.4, -0.2) is 22.4 Å². The van der Waals surface area contributed by atoms with Crippen molar-refractivity contribution in [2.75, 3.05) is 0 Å². The number of hydrogen-bond donors (Lipinski definition) is 0. The van der Waals surface area contributed by atoms with E-state index < -0.39 is 0 Å². The van der Waals surface area contributed by atoms with Crippen molar-refractivity contribution in [3.05, 3.63) is 138 Å². The summed E-state index contributed by atoms with van der Waals surface area (Å²) in [5.74, 6) is 1.36. The maximum Gasteiger partial charge on any atom is 0.227 e. The molecule has 0 saturated heterocycles. The molecule has 3 heterocycles. The average molecular weight is 718 g/mol. The minimum atomic E-state index is -0.258. The molecule has 0 amide bonds. The molecule has 0 N–H and O–H groups in total. The Morgan fingerprint density at radius 2 is 1.31 bits per heavy atom. The monoisotopic (exact) mass is 717 g/mol. The Kier molecular flexibility index (Phi) is 8.60. The summed E-state index contributed by atoms with van der Waals surface area (Å²) in [5, 5.41) is 1.76. The Bertz CT molecular complexity index is 2660. The lowest BCUT2D eigenvalue weighted by Crippen LogP contribution is -2.35. The smallest absolute Gasteiger partial charge is 0.227 e. The highest BCUT2D eigenvalue weighted by atomic mass is 16.3. The number of aromatic nitrogens is 3. The molecule has 4 nitrogen and oxygen atoms in total. The highest BCUT2D eigenvalue weighted by Gasteiger charge is 2.35. The van der Waals surface area contributed by atoms with Gasteiger partial charge in [0.1, 0.15) is 11.4 Å². The number of benzene rings is 5. The zero-order chi connectivity index (χ0) is 38.1. The van der Waals surface area contributed by atoms with E-state index in [0.29, 0.717) is 11.1 Å². The van der Waals surface area contributed by atoms with Crippen LogP contribution >= 0.6 is 0 Å². The van der Waals surface area contributed by atoms with Crippen LogP contribution in [0.15, 0.2) is 126 Å². The van der Waals surface area contributed by atoms with Gasteiger partial charge in [-0.3, -0.25) is 4.57 Å². The van der Waals surface area contributed by atoms with Crippen molar-refractivity contribution < 1.29 is 4.42 Å². The Morgan fingerprint density at radius 1 is 0.636 bits per heavy atom. The van der Waals surface area contributed by atoms with Crippen LogP contribution in [0.25, 0.3) is 72.6 Å². The van der Waals surface area contributed by atoms with Crippen LogP contribution in [0.4, 0.5) is 0 Å².